The second kappa shape index (κ2) is 9.73. The molecule has 3 amide bonds. The second-order valence-corrected chi connectivity index (χ2v) is 6.78. The van der Waals surface area contributed by atoms with Crippen LogP contribution in [0, 0.1) is 5.92 Å². The molecule has 0 aliphatic carbocycles. The SMILES string of the molecule is CCNC(=O)[C@H]1NC(=O)[C@@H]1Cc1ccnc(OC(=O)NCc2ccc(OC)cc2)c1. The number of nitrogens with zero attached hydrogens (tertiary/aromatic N) is 1. The summed E-state index contributed by atoms with van der Waals surface area (Å²) >= 11 is 0. The summed E-state index contributed by atoms with van der Waals surface area (Å²) in [4.78, 5) is 39.9. The number of likely N-dealkylation sites (N-methyl/N-ethyl adjacent to an activating group) is 1. The van der Waals surface area contributed by atoms with Gasteiger partial charge in [-0.1, -0.05) is 12.1 Å². The summed E-state index contributed by atoms with van der Waals surface area (Å²) in [6, 6.07) is 10.0. The van der Waals surface area contributed by atoms with Crippen LogP contribution < -0.4 is 25.4 Å². The number of hydrogen-bond donors (Lipinski definition) is 3. The molecule has 0 unspecified atom stereocenters. The third-order valence-electron chi connectivity index (χ3n) is 4.72. The highest BCUT2D eigenvalue weighted by atomic mass is 16.6. The predicted molar refractivity (Wildman–Crippen MR) is 108 cm³/mol. The molecule has 2 atom stereocenters. The zero-order valence-corrected chi connectivity index (χ0v) is 16.8. The average molecular weight is 412 g/mol. The fourth-order valence-electron chi connectivity index (χ4n) is 3.09. The van der Waals surface area contributed by atoms with Crippen LogP contribution in [0.5, 0.6) is 11.6 Å². The Morgan fingerprint density at radius 3 is 2.57 bits per heavy atom. The molecule has 1 aromatic carbocycles. The van der Waals surface area contributed by atoms with Crippen LogP contribution in [0.1, 0.15) is 18.1 Å². The summed E-state index contributed by atoms with van der Waals surface area (Å²) in [5.41, 5.74) is 1.64. The van der Waals surface area contributed by atoms with Crippen LogP contribution in [0.4, 0.5) is 4.79 Å². The molecule has 0 bridgehead atoms. The number of aromatic nitrogens is 1. The van der Waals surface area contributed by atoms with Crippen molar-refractivity contribution in [3.63, 3.8) is 0 Å². The van der Waals surface area contributed by atoms with Gasteiger partial charge in [0.1, 0.15) is 11.8 Å². The lowest BCUT2D eigenvalue weighted by Gasteiger charge is -2.35. The van der Waals surface area contributed by atoms with Crippen molar-refractivity contribution >= 4 is 17.9 Å². The number of pyridine rings is 1. The normalized spacial score (nSPS) is 17.3. The van der Waals surface area contributed by atoms with Crippen LogP contribution in [-0.2, 0) is 22.6 Å². The number of rotatable bonds is 8. The smallest absolute Gasteiger partial charge is 0.414 e. The van der Waals surface area contributed by atoms with E-state index < -0.39 is 18.1 Å². The maximum atomic E-state index is 12.1. The first-order valence-corrected chi connectivity index (χ1v) is 9.61. The van der Waals surface area contributed by atoms with Gasteiger partial charge >= 0.3 is 6.09 Å². The van der Waals surface area contributed by atoms with E-state index >= 15 is 0 Å². The van der Waals surface area contributed by atoms with Crippen molar-refractivity contribution < 1.29 is 23.9 Å². The van der Waals surface area contributed by atoms with Crippen LogP contribution in [-0.4, -0.2) is 42.6 Å². The van der Waals surface area contributed by atoms with Gasteiger partial charge in [-0.15, -0.1) is 0 Å². The van der Waals surface area contributed by atoms with Crippen molar-refractivity contribution in [1.29, 1.82) is 0 Å². The number of β-lactam (4-membered cyclic amide) rings is 1. The molecule has 1 aromatic heterocycles. The van der Waals surface area contributed by atoms with E-state index in [1.165, 1.54) is 6.20 Å². The minimum atomic E-state index is -0.642. The van der Waals surface area contributed by atoms with E-state index in [4.69, 9.17) is 9.47 Å². The summed E-state index contributed by atoms with van der Waals surface area (Å²) in [5.74, 6) is 0.00919. The van der Waals surface area contributed by atoms with Gasteiger partial charge in [0, 0.05) is 25.4 Å². The Hall–Kier alpha value is -3.62. The van der Waals surface area contributed by atoms with E-state index in [2.05, 4.69) is 20.9 Å². The molecule has 9 nitrogen and oxygen atoms in total. The molecule has 1 saturated heterocycles. The van der Waals surface area contributed by atoms with Crippen molar-refractivity contribution in [2.75, 3.05) is 13.7 Å². The molecular formula is C21H24N4O5. The Kier molecular flexibility index (Phi) is 6.84. The molecule has 1 aliphatic rings. The van der Waals surface area contributed by atoms with Gasteiger partial charge in [0.05, 0.1) is 13.0 Å². The Balaban J connectivity index is 1.53. The first-order valence-electron chi connectivity index (χ1n) is 9.61. The van der Waals surface area contributed by atoms with Gasteiger partial charge in [-0.05, 0) is 42.7 Å². The molecule has 3 N–H and O–H groups in total. The molecule has 1 aliphatic heterocycles. The Morgan fingerprint density at radius 2 is 1.90 bits per heavy atom. The standard InChI is InChI=1S/C21H24N4O5/c1-3-22-20(27)18-16(19(26)25-18)10-14-8-9-23-17(11-14)30-21(28)24-12-13-4-6-15(29-2)7-5-13/h4-9,11,16,18H,3,10,12H2,1-2H3,(H,22,27)(H,24,28)(H,25,26)/t16-,18+/m1/s1. The molecule has 0 radical (unpaired) electrons. The number of ether oxygens (including phenoxy) is 2. The van der Waals surface area contributed by atoms with Crippen molar-refractivity contribution in [2.24, 2.45) is 5.92 Å². The van der Waals surface area contributed by atoms with E-state index in [-0.39, 0.29) is 17.7 Å². The van der Waals surface area contributed by atoms with Gasteiger partial charge in [-0.3, -0.25) is 9.59 Å². The van der Waals surface area contributed by atoms with Gasteiger partial charge in [0.2, 0.25) is 17.7 Å². The monoisotopic (exact) mass is 412 g/mol. The minimum Gasteiger partial charge on any atom is -0.497 e. The number of methoxy groups -OCH3 is 1. The third-order valence-corrected chi connectivity index (χ3v) is 4.72. The molecular weight excluding hydrogens is 388 g/mol. The van der Waals surface area contributed by atoms with Crippen molar-refractivity contribution in [3.05, 3.63) is 53.7 Å². The van der Waals surface area contributed by atoms with Gasteiger partial charge in [-0.25, -0.2) is 9.78 Å². The van der Waals surface area contributed by atoms with Crippen LogP contribution in [0.2, 0.25) is 0 Å². The van der Waals surface area contributed by atoms with Gasteiger partial charge < -0.3 is 25.4 Å². The number of amides is 3. The van der Waals surface area contributed by atoms with E-state index in [1.807, 2.05) is 19.1 Å². The highest BCUT2D eigenvalue weighted by molar-refractivity contribution is 5.99. The van der Waals surface area contributed by atoms with Crippen molar-refractivity contribution in [2.45, 2.75) is 25.9 Å². The summed E-state index contributed by atoms with van der Waals surface area (Å²) in [7, 11) is 1.59. The maximum absolute atomic E-state index is 12.1. The Bertz CT molecular complexity index is 916. The average Bonchev–Trinajstić information content (AvgIpc) is 2.75. The van der Waals surface area contributed by atoms with Gasteiger partial charge in [0.25, 0.3) is 0 Å². The van der Waals surface area contributed by atoms with Crippen LogP contribution in [0.15, 0.2) is 42.6 Å². The molecule has 3 rings (SSSR count). The Labute approximate surface area is 174 Å². The van der Waals surface area contributed by atoms with Crippen LogP contribution in [0.3, 0.4) is 0 Å². The molecule has 0 saturated carbocycles. The molecule has 9 heteroatoms. The summed E-state index contributed by atoms with van der Waals surface area (Å²) in [6.07, 6.45) is 1.20. The van der Waals surface area contributed by atoms with E-state index in [0.717, 1.165) is 16.9 Å². The van der Waals surface area contributed by atoms with Crippen LogP contribution in [0.25, 0.3) is 0 Å². The van der Waals surface area contributed by atoms with Crippen molar-refractivity contribution in [3.8, 4) is 11.6 Å². The summed E-state index contributed by atoms with van der Waals surface area (Å²) in [5, 5.41) is 7.97. The highest BCUT2D eigenvalue weighted by Gasteiger charge is 2.43. The lowest BCUT2D eigenvalue weighted by molar-refractivity contribution is -0.143. The van der Waals surface area contributed by atoms with E-state index in [1.54, 1.807) is 31.4 Å². The minimum absolute atomic E-state index is 0.119. The quantitative estimate of drug-likeness (QED) is 0.560. The highest BCUT2D eigenvalue weighted by Crippen LogP contribution is 2.22. The lowest BCUT2D eigenvalue weighted by Crippen LogP contribution is -2.65. The number of hydrogen-bond acceptors (Lipinski definition) is 6. The second-order valence-electron chi connectivity index (χ2n) is 6.78. The molecule has 0 spiro atoms. The fraction of sp³-hybridized carbons (Fsp3) is 0.333. The Morgan fingerprint density at radius 1 is 1.13 bits per heavy atom. The van der Waals surface area contributed by atoms with Crippen molar-refractivity contribution in [1.82, 2.24) is 20.9 Å². The van der Waals surface area contributed by atoms with E-state index in [9.17, 15) is 14.4 Å². The zero-order chi connectivity index (χ0) is 21.5. The number of benzene rings is 1. The largest absolute Gasteiger partial charge is 0.497 e. The predicted octanol–water partition coefficient (Wildman–Crippen LogP) is 1.17. The summed E-state index contributed by atoms with van der Waals surface area (Å²) in [6.45, 7) is 2.61. The first-order chi connectivity index (χ1) is 14.5. The lowest BCUT2D eigenvalue weighted by atomic mass is 9.84. The molecule has 158 valence electrons. The fourth-order valence-corrected chi connectivity index (χ4v) is 3.09. The van der Waals surface area contributed by atoms with E-state index in [0.29, 0.717) is 19.5 Å². The molecule has 1 fully saturated rings. The van der Waals surface area contributed by atoms with Crippen LogP contribution >= 0.6 is 0 Å². The number of carbonyl (C=O) groups is 3. The first kappa shape index (κ1) is 21.1. The van der Waals surface area contributed by atoms with Gasteiger partial charge in [-0.2, -0.15) is 0 Å². The number of carbonyl (C=O) groups excluding carboxylic acids is 3. The third kappa shape index (κ3) is 5.25. The zero-order valence-electron chi connectivity index (χ0n) is 16.8. The maximum Gasteiger partial charge on any atom is 0.414 e. The number of nitrogens with one attached hydrogen (secondary N) is 3. The molecule has 2 aromatic rings. The molecule has 2 heterocycles. The molecule has 30 heavy (non-hydrogen) atoms. The summed E-state index contributed by atoms with van der Waals surface area (Å²) < 4.78 is 10.3. The topological polar surface area (TPSA) is 119 Å². The van der Waals surface area contributed by atoms with Gasteiger partial charge in [0.15, 0.2) is 0 Å².